The average molecular weight is 227 g/mol. The van der Waals surface area contributed by atoms with Gasteiger partial charge in [0.25, 0.3) is 0 Å². The van der Waals surface area contributed by atoms with Crippen LogP contribution >= 0.6 is 0 Å². The molecular weight excluding hydrogens is 202 g/mol. The van der Waals surface area contributed by atoms with E-state index in [4.69, 9.17) is 5.11 Å². The molecule has 1 aliphatic carbocycles. The Balaban J connectivity index is 2.41. The molecule has 0 radical (unpaired) electrons. The molecule has 0 aromatic heterocycles. The van der Waals surface area contributed by atoms with E-state index in [1.165, 1.54) is 12.8 Å². The van der Waals surface area contributed by atoms with Crippen molar-refractivity contribution in [2.24, 2.45) is 11.8 Å². The lowest BCUT2D eigenvalue weighted by atomic mass is 9.82. The van der Waals surface area contributed by atoms with Gasteiger partial charge in [0.2, 0.25) is 5.91 Å². The SMILES string of the molecule is CCN(CCCO)C(=O)C1CCC(C)CC1. The fourth-order valence-electron chi connectivity index (χ4n) is 2.45. The van der Waals surface area contributed by atoms with Gasteiger partial charge in [0.15, 0.2) is 0 Å². The summed E-state index contributed by atoms with van der Waals surface area (Å²) < 4.78 is 0. The monoisotopic (exact) mass is 227 g/mol. The summed E-state index contributed by atoms with van der Waals surface area (Å²) in [7, 11) is 0. The lowest BCUT2D eigenvalue weighted by molar-refractivity contribution is -0.136. The molecule has 94 valence electrons. The van der Waals surface area contributed by atoms with Crippen molar-refractivity contribution in [2.75, 3.05) is 19.7 Å². The molecule has 0 bridgehead atoms. The highest BCUT2D eigenvalue weighted by Crippen LogP contribution is 2.29. The Kier molecular flexibility index (Phi) is 5.81. The minimum Gasteiger partial charge on any atom is -0.396 e. The van der Waals surface area contributed by atoms with Crippen molar-refractivity contribution >= 4 is 5.91 Å². The first-order chi connectivity index (χ1) is 7.69. The predicted octanol–water partition coefficient (Wildman–Crippen LogP) is 2.04. The molecule has 1 saturated carbocycles. The van der Waals surface area contributed by atoms with E-state index in [9.17, 15) is 4.79 Å². The van der Waals surface area contributed by atoms with Gasteiger partial charge in [-0.3, -0.25) is 4.79 Å². The van der Waals surface area contributed by atoms with Crippen LogP contribution in [0.3, 0.4) is 0 Å². The number of nitrogens with zero attached hydrogens (tertiary/aromatic N) is 1. The van der Waals surface area contributed by atoms with E-state index in [1.54, 1.807) is 0 Å². The molecule has 1 aliphatic rings. The molecule has 0 aliphatic heterocycles. The molecule has 1 rings (SSSR count). The lowest BCUT2D eigenvalue weighted by Gasteiger charge is -2.30. The maximum absolute atomic E-state index is 12.2. The standard InChI is InChI=1S/C13H25NO2/c1-3-14(9-4-10-15)13(16)12-7-5-11(2)6-8-12/h11-12,15H,3-10H2,1-2H3. The van der Waals surface area contributed by atoms with Crippen molar-refractivity contribution in [3.8, 4) is 0 Å². The van der Waals surface area contributed by atoms with Gasteiger partial charge in [0.1, 0.15) is 0 Å². The van der Waals surface area contributed by atoms with Crippen LogP contribution < -0.4 is 0 Å². The van der Waals surface area contributed by atoms with Gasteiger partial charge < -0.3 is 10.0 Å². The highest BCUT2D eigenvalue weighted by atomic mass is 16.3. The van der Waals surface area contributed by atoms with Crippen LogP contribution in [0.2, 0.25) is 0 Å². The van der Waals surface area contributed by atoms with Crippen molar-refractivity contribution in [1.82, 2.24) is 4.90 Å². The molecule has 3 nitrogen and oxygen atoms in total. The van der Waals surface area contributed by atoms with Crippen molar-refractivity contribution in [3.05, 3.63) is 0 Å². The van der Waals surface area contributed by atoms with Crippen LogP contribution in [0, 0.1) is 11.8 Å². The van der Waals surface area contributed by atoms with Crippen molar-refractivity contribution in [2.45, 2.75) is 46.0 Å². The quantitative estimate of drug-likeness (QED) is 0.781. The van der Waals surface area contributed by atoms with Gasteiger partial charge in [-0.1, -0.05) is 6.92 Å². The zero-order valence-electron chi connectivity index (χ0n) is 10.6. The maximum atomic E-state index is 12.2. The van der Waals surface area contributed by atoms with Gasteiger partial charge in [-0.15, -0.1) is 0 Å². The van der Waals surface area contributed by atoms with Gasteiger partial charge >= 0.3 is 0 Å². The third kappa shape index (κ3) is 3.78. The Morgan fingerprint density at radius 3 is 2.44 bits per heavy atom. The molecule has 0 unspecified atom stereocenters. The second kappa shape index (κ2) is 6.89. The molecule has 3 heteroatoms. The molecular formula is C13H25NO2. The third-order valence-corrected chi connectivity index (χ3v) is 3.64. The molecule has 1 N–H and O–H groups in total. The minimum absolute atomic E-state index is 0.172. The van der Waals surface area contributed by atoms with Crippen molar-refractivity contribution in [1.29, 1.82) is 0 Å². The molecule has 0 atom stereocenters. The molecule has 0 aromatic rings. The predicted molar refractivity (Wildman–Crippen MR) is 65.1 cm³/mol. The van der Waals surface area contributed by atoms with Gasteiger partial charge in [-0.05, 0) is 44.9 Å². The summed E-state index contributed by atoms with van der Waals surface area (Å²) in [6, 6.07) is 0. The van der Waals surface area contributed by atoms with Crippen LogP contribution in [-0.2, 0) is 4.79 Å². The molecule has 16 heavy (non-hydrogen) atoms. The molecule has 1 amide bonds. The molecule has 0 spiro atoms. The van der Waals surface area contributed by atoms with E-state index in [0.29, 0.717) is 18.9 Å². The minimum atomic E-state index is 0.172. The van der Waals surface area contributed by atoms with E-state index < -0.39 is 0 Å². The summed E-state index contributed by atoms with van der Waals surface area (Å²) in [6.45, 7) is 5.93. The lowest BCUT2D eigenvalue weighted by Crippen LogP contribution is -2.38. The highest BCUT2D eigenvalue weighted by Gasteiger charge is 2.27. The summed E-state index contributed by atoms with van der Waals surface area (Å²) in [5.74, 6) is 1.34. The topological polar surface area (TPSA) is 40.5 Å². The number of amides is 1. The van der Waals surface area contributed by atoms with Gasteiger partial charge in [-0.2, -0.15) is 0 Å². The van der Waals surface area contributed by atoms with Crippen LogP contribution in [0.5, 0.6) is 0 Å². The maximum Gasteiger partial charge on any atom is 0.225 e. The van der Waals surface area contributed by atoms with E-state index in [0.717, 1.165) is 25.3 Å². The van der Waals surface area contributed by atoms with Gasteiger partial charge in [0, 0.05) is 25.6 Å². The Bertz CT molecular complexity index is 203. The number of hydrogen-bond donors (Lipinski definition) is 1. The van der Waals surface area contributed by atoms with Gasteiger partial charge in [0.05, 0.1) is 0 Å². The second-order valence-electron chi connectivity index (χ2n) is 4.95. The first-order valence-corrected chi connectivity index (χ1v) is 6.58. The van der Waals surface area contributed by atoms with Crippen molar-refractivity contribution in [3.63, 3.8) is 0 Å². The normalized spacial score (nSPS) is 25.4. The molecule has 0 heterocycles. The van der Waals surface area contributed by atoms with Crippen molar-refractivity contribution < 1.29 is 9.90 Å². The number of aliphatic hydroxyl groups excluding tert-OH is 1. The first-order valence-electron chi connectivity index (χ1n) is 6.58. The Hall–Kier alpha value is -0.570. The van der Waals surface area contributed by atoms with E-state index in [-0.39, 0.29) is 12.5 Å². The van der Waals surface area contributed by atoms with Crippen LogP contribution in [0.1, 0.15) is 46.0 Å². The van der Waals surface area contributed by atoms with E-state index in [2.05, 4.69) is 6.92 Å². The number of hydrogen-bond acceptors (Lipinski definition) is 2. The average Bonchev–Trinajstić information content (AvgIpc) is 2.30. The van der Waals surface area contributed by atoms with E-state index in [1.807, 2.05) is 11.8 Å². The third-order valence-electron chi connectivity index (χ3n) is 3.64. The zero-order valence-corrected chi connectivity index (χ0v) is 10.6. The molecule has 1 fully saturated rings. The largest absolute Gasteiger partial charge is 0.396 e. The fourth-order valence-corrected chi connectivity index (χ4v) is 2.45. The van der Waals surface area contributed by atoms with Gasteiger partial charge in [-0.25, -0.2) is 0 Å². The molecule has 0 aromatic carbocycles. The fraction of sp³-hybridized carbons (Fsp3) is 0.923. The van der Waals surface area contributed by atoms with Crippen LogP contribution in [0.4, 0.5) is 0 Å². The summed E-state index contributed by atoms with van der Waals surface area (Å²) >= 11 is 0. The number of carbonyl (C=O) groups is 1. The zero-order chi connectivity index (χ0) is 12.0. The van der Waals surface area contributed by atoms with E-state index >= 15 is 0 Å². The highest BCUT2D eigenvalue weighted by molar-refractivity contribution is 5.78. The Labute approximate surface area is 98.8 Å². The molecule has 0 saturated heterocycles. The summed E-state index contributed by atoms with van der Waals surface area (Å²) in [5, 5.41) is 8.80. The Morgan fingerprint density at radius 1 is 1.31 bits per heavy atom. The number of rotatable bonds is 5. The second-order valence-corrected chi connectivity index (χ2v) is 4.95. The summed E-state index contributed by atoms with van der Waals surface area (Å²) in [4.78, 5) is 14.1. The first kappa shape index (κ1) is 13.5. The van der Waals surface area contributed by atoms with Crippen LogP contribution in [-0.4, -0.2) is 35.6 Å². The smallest absolute Gasteiger partial charge is 0.225 e. The van der Waals surface area contributed by atoms with Crippen LogP contribution in [0.15, 0.2) is 0 Å². The van der Waals surface area contributed by atoms with Crippen LogP contribution in [0.25, 0.3) is 0 Å². The number of aliphatic hydroxyl groups is 1. The Morgan fingerprint density at radius 2 is 1.94 bits per heavy atom. The number of carbonyl (C=O) groups excluding carboxylic acids is 1. The summed E-state index contributed by atoms with van der Waals surface area (Å²) in [6.07, 6.45) is 5.18. The summed E-state index contributed by atoms with van der Waals surface area (Å²) in [5.41, 5.74) is 0.